The molecule has 0 fully saturated rings. The summed E-state index contributed by atoms with van der Waals surface area (Å²) in [5.41, 5.74) is 0.345. The van der Waals surface area contributed by atoms with Crippen molar-refractivity contribution in [1.82, 2.24) is 0 Å². The van der Waals surface area contributed by atoms with Crippen molar-refractivity contribution in [3.05, 3.63) is 84.4 Å². The summed E-state index contributed by atoms with van der Waals surface area (Å²) in [4.78, 5) is 12.6. The van der Waals surface area contributed by atoms with Crippen LogP contribution in [-0.2, 0) is 0 Å². The van der Waals surface area contributed by atoms with Gasteiger partial charge in [-0.2, -0.15) is 0 Å². The first-order chi connectivity index (χ1) is 12.3. The molecule has 0 aliphatic heterocycles. The van der Waals surface area contributed by atoms with Crippen LogP contribution >= 0.6 is 0 Å². The highest BCUT2D eigenvalue weighted by Gasteiger charge is 2.17. The molecule has 0 spiro atoms. The zero-order valence-corrected chi connectivity index (χ0v) is 13.8. The van der Waals surface area contributed by atoms with Crippen LogP contribution in [0.2, 0.25) is 0 Å². The topological polar surface area (TPSA) is 44.8 Å². The SMILES string of the molecule is CCOc1ccccc1OC(=O)c1ccccc1Oc1ccccc1. The van der Waals surface area contributed by atoms with Crippen LogP contribution in [0.5, 0.6) is 23.0 Å². The highest BCUT2D eigenvalue weighted by Crippen LogP contribution is 2.30. The van der Waals surface area contributed by atoms with E-state index >= 15 is 0 Å². The van der Waals surface area contributed by atoms with Gasteiger partial charge in [-0.1, -0.05) is 42.5 Å². The lowest BCUT2D eigenvalue weighted by molar-refractivity contribution is 0.0726. The zero-order chi connectivity index (χ0) is 17.5. The smallest absolute Gasteiger partial charge is 0.347 e. The second kappa shape index (κ2) is 8.02. The van der Waals surface area contributed by atoms with Crippen LogP contribution < -0.4 is 14.2 Å². The molecule has 3 rings (SSSR count). The molecule has 4 heteroatoms. The number of benzene rings is 3. The first-order valence-corrected chi connectivity index (χ1v) is 8.04. The van der Waals surface area contributed by atoms with Crippen molar-refractivity contribution in [2.45, 2.75) is 6.92 Å². The molecular weight excluding hydrogens is 316 g/mol. The Bertz CT molecular complexity index is 843. The number of hydrogen-bond donors (Lipinski definition) is 0. The standard InChI is InChI=1S/C21H18O4/c1-2-23-19-14-8-9-15-20(19)25-21(22)17-12-6-7-13-18(17)24-16-10-4-3-5-11-16/h3-15H,2H2,1H3. The largest absolute Gasteiger partial charge is 0.490 e. The van der Waals surface area contributed by atoms with Crippen molar-refractivity contribution in [2.24, 2.45) is 0 Å². The Morgan fingerprint density at radius 1 is 0.760 bits per heavy atom. The van der Waals surface area contributed by atoms with Crippen molar-refractivity contribution in [3.63, 3.8) is 0 Å². The molecule has 0 unspecified atom stereocenters. The van der Waals surface area contributed by atoms with E-state index < -0.39 is 5.97 Å². The lowest BCUT2D eigenvalue weighted by Gasteiger charge is -2.12. The molecule has 0 saturated heterocycles. The van der Waals surface area contributed by atoms with E-state index in [2.05, 4.69) is 0 Å². The molecule has 0 atom stereocenters. The van der Waals surface area contributed by atoms with E-state index in [9.17, 15) is 4.79 Å². The van der Waals surface area contributed by atoms with Crippen LogP contribution in [0, 0.1) is 0 Å². The van der Waals surface area contributed by atoms with E-state index in [4.69, 9.17) is 14.2 Å². The minimum Gasteiger partial charge on any atom is -0.490 e. The number of esters is 1. The Morgan fingerprint density at radius 2 is 1.36 bits per heavy atom. The van der Waals surface area contributed by atoms with Gasteiger partial charge in [-0.3, -0.25) is 0 Å². The second-order valence-electron chi connectivity index (χ2n) is 5.18. The Labute approximate surface area is 146 Å². The van der Waals surface area contributed by atoms with E-state index in [1.807, 2.05) is 49.4 Å². The predicted octanol–water partition coefficient (Wildman–Crippen LogP) is 5.10. The molecule has 0 N–H and O–H groups in total. The van der Waals surface area contributed by atoms with Crippen molar-refractivity contribution in [3.8, 4) is 23.0 Å². The predicted molar refractivity (Wildman–Crippen MR) is 95.5 cm³/mol. The lowest BCUT2D eigenvalue weighted by Crippen LogP contribution is -2.11. The highest BCUT2D eigenvalue weighted by molar-refractivity contribution is 5.94. The number of rotatable bonds is 6. The van der Waals surface area contributed by atoms with Crippen molar-refractivity contribution < 1.29 is 19.0 Å². The molecule has 0 heterocycles. The van der Waals surface area contributed by atoms with E-state index in [0.29, 0.717) is 35.2 Å². The number of para-hydroxylation sites is 4. The van der Waals surface area contributed by atoms with E-state index in [1.54, 1.807) is 36.4 Å². The van der Waals surface area contributed by atoms with Gasteiger partial charge in [0.25, 0.3) is 0 Å². The Balaban J connectivity index is 1.83. The summed E-state index contributed by atoms with van der Waals surface area (Å²) in [6.45, 7) is 2.36. The summed E-state index contributed by atoms with van der Waals surface area (Å²) in [7, 11) is 0. The van der Waals surface area contributed by atoms with E-state index in [1.165, 1.54) is 0 Å². The maximum Gasteiger partial charge on any atom is 0.347 e. The Hall–Kier alpha value is -3.27. The molecule has 3 aromatic carbocycles. The normalized spacial score (nSPS) is 10.1. The molecule has 0 aromatic heterocycles. The van der Waals surface area contributed by atoms with Crippen molar-refractivity contribution in [1.29, 1.82) is 0 Å². The van der Waals surface area contributed by atoms with Crippen molar-refractivity contribution >= 4 is 5.97 Å². The van der Waals surface area contributed by atoms with Gasteiger partial charge in [0, 0.05) is 0 Å². The monoisotopic (exact) mass is 334 g/mol. The fourth-order valence-electron chi connectivity index (χ4n) is 2.30. The van der Waals surface area contributed by atoms with Gasteiger partial charge < -0.3 is 14.2 Å². The summed E-state index contributed by atoms with van der Waals surface area (Å²) in [6.07, 6.45) is 0. The fraction of sp³-hybridized carbons (Fsp3) is 0.0952. The Morgan fingerprint density at radius 3 is 2.08 bits per heavy atom. The molecule has 0 bridgehead atoms. The van der Waals surface area contributed by atoms with Crippen LogP contribution in [0.25, 0.3) is 0 Å². The van der Waals surface area contributed by atoms with E-state index in [-0.39, 0.29) is 0 Å². The maximum absolute atomic E-state index is 12.6. The fourth-order valence-corrected chi connectivity index (χ4v) is 2.30. The van der Waals surface area contributed by atoms with Gasteiger partial charge in [-0.25, -0.2) is 4.79 Å². The van der Waals surface area contributed by atoms with Gasteiger partial charge in [-0.15, -0.1) is 0 Å². The third-order valence-electron chi connectivity index (χ3n) is 3.43. The maximum atomic E-state index is 12.6. The average molecular weight is 334 g/mol. The number of carbonyl (C=O) groups excluding carboxylic acids is 1. The van der Waals surface area contributed by atoms with Gasteiger partial charge in [0.1, 0.15) is 17.1 Å². The van der Waals surface area contributed by atoms with Crippen LogP contribution in [0.15, 0.2) is 78.9 Å². The van der Waals surface area contributed by atoms with Crippen molar-refractivity contribution in [2.75, 3.05) is 6.61 Å². The molecule has 4 nitrogen and oxygen atoms in total. The second-order valence-corrected chi connectivity index (χ2v) is 5.18. The highest BCUT2D eigenvalue weighted by atomic mass is 16.6. The lowest BCUT2D eigenvalue weighted by atomic mass is 10.2. The molecule has 3 aromatic rings. The number of carbonyl (C=O) groups is 1. The zero-order valence-electron chi connectivity index (χ0n) is 13.8. The Kier molecular flexibility index (Phi) is 5.32. The third kappa shape index (κ3) is 4.18. The van der Waals surface area contributed by atoms with Gasteiger partial charge in [0.05, 0.1) is 6.61 Å². The molecule has 0 saturated carbocycles. The van der Waals surface area contributed by atoms with E-state index in [0.717, 1.165) is 0 Å². The van der Waals surface area contributed by atoms with Crippen LogP contribution in [-0.4, -0.2) is 12.6 Å². The van der Waals surface area contributed by atoms with Gasteiger partial charge >= 0.3 is 5.97 Å². The number of ether oxygens (including phenoxy) is 3. The third-order valence-corrected chi connectivity index (χ3v) is 3.43. The first kappa shape index (κ1) is 16.6. The van der Waals surface area contributed by atoms with Gasteiger partial charge in [0.2, 0.25) is 0 Å². The molecule has 0 amide bonds. The summed E-state index contributed by atoms with van der Waals surface area (Å²) in [5, 5.41) is 0. The summed E-state index contributed by atoms with van der Waals surface area (Å²) >= 11 is 0. The minimum absolute atomic E-state index is 0.345. The molecule has 0 radical (unpaired) electrons. The number of hydrogen-bond acceptors (Lipinski definition) is 4. The quantitative estimate of drug-likeness (QED) is 0.465. The molecule has 0 aliphatic carbocycles. The minimum atomic E-state index is -0.501. The molecule has 25 heavy (non-hydrogen) atoms. The molecule has 0 aliphatic rings. The van der Waals surface area contributed by atoms with Gasteiger partial charge in [0.15, 0.2) is 11.5 Å². The summed E-state index contributed by atoms with van der Waals surface area (Å²) in [5.74, 6) is 1.49. The first-order valence-electron chi connectivity index (χ1n) is 8.04. The average Bonchev–Trinajstić information content (AvgIpc) is 2.65. The summed E-state index contributed by atoms with van der Waals surface area (Å²) in [6, 6.07) is 23.3. The van der Waals surface area contributed by atoms with Crippen LogP contribution in [0.4, 0.5) is 0 Å². The van der Waals surface area contributed by atoms with Gasteiger partial charge in [-0.05, 0) is 43.3 Å². The van der Waals surface area contributed by atoms with Crippen LogP contribution in [0.1, 0.15) is 17.3 Å². The molecular formula is C21H18O4. The molecule has 126 valence electrons. The van der Waals surface area contributed by atoms with Crippen LogP contribution in [0.3, 0.4) is 0 Å². The summed E-state index contributed by atoms with van der Waals surface area (Å²) < 4.78 is 16.8.